The van der Waals surface area contributed by atoms with Crippen LogP contribution < -0.4 is 5.46 Å². The van der Waals surface area contributed by atoms with E-state index in [1.165, 1.54) is 12.0 Å². The monoisotopic (exact) mass is 205 g/mol. The van der Waals surface area contributed by atoms with Crippen LogP contribution in [0.15, 0.2) is 24.3 Å². The van der Waals surface area contributed by atoms with E-state index in [1.54, 1.807) is 12.1 Å². The Morgan fingerprint density at radius 3 is 2.40 bits per heavy atom. The molecular weight excluding hydrogens is 189 g/mol. The third-order valence-electron chi connectivity index (χ3n) is 3.10. The Labute approximate surface area is 90.5 Å². The second kappa shape index (κ2) is 4.35. The molecule has 1 aromatic rings. The largest absolute Gasteiger partial charge is 0.488 e. The summed E-state index contributed by atoms with van der Waals surface area (Å²) in [5.74, 6) is 0.597. The Bertz CT molecular complexity index is 326. The molecule has 0 aliphatic carbocycles. The smallest absolute Gasteiger partial charge is 0.423 e. The minimum atomic E-state index is -1.36. The molecule has 0 saturated carbocycles. The van der Waals surface area contributed by atoms with Gasteiger partial charge in [0.1, 0.15) is 0 Å². The highest BCUT2D eigenvalue weighted by Gasteiger charge is 2.21. The van der Waals surface area contributed by atoms with E-state index in [1.807, 2.05) is 12.1 Å². The summed E-state index contributed by atoms with van der Waals surface area (Å²) in [4.78, 5) is 2.32. The fourth-order valence-electron chi connectivity index (χ4n) is 2.15. The molecule has 0 radical (unpaired) electrons. The summed E-state index contributed by atoms with van der Waals surface area (Å²) < 4.78 is 0. The van der Waals surface area contributed by atoms with Gasteiger partial charge in [0.15, 0.2) is 0 Å². The predicted molar refractivity (Wildman–Crippen MR) is 61.1 cm³/mol. The highest BCUT2D eigenvalue weighted by molar-refractivity contribution is 6.58. The molecule has 1 aliphatic heterocycles. The fourth-order valence-corrected chi connectivity index (χ4v) is 2.15. The van der Waals surface area contributed by atoms with E-state index in [-0.39, 0.29) is 0 Å². The molecule has 0 spiro atoms. The van der Waals surface area contributed by atoms with E-state index in [2.05, 4.69) is 11.9 Å². The van der Waals surface area contributed by atoms with Gasteiger partial charge in [0.2, 0.25) is 0 Å². The predicted octanol–water partition coefficient (Wildman–Crippen LogP) is -0.215. The lowest BCUT2D eigenvalue weighted by atomic mass is 9.79. The average Bonchev–Trinajstić information content (AvgIpc) is 2.65. The van der Waals surface area contributed by atoms with Gasteiger partial charge >= 0.3 is 7.12 Å². The zero-order chi connectivity index (χ0) is 10.8. The van der Waals surface area contributed by atoms with E-state index >= 15 is 0 Å². The Hall–Kier alpha value is -0.835. The fraction of sp³-hybridized carbons (Fsp3) is 0.455. The number of hydrogen-bond donors (Lipinski definition) is 2. The van der Waals surface area contributed by atoms with Crippen molar-refractivity contribution in [1.29, 1.82) is 0 Å². The molecule has 1 heterocycles. The minimum absolute atomic E-state index is 0.560. The number of rotatable bonds is 2. The third-order valence-corrected chi connectivity index (χ3v) is 3.10. The molecule has 15 heavy (non-hydrogen) atoms. The van der Waals surface area contributed by atoms with Crippen LogP contribution in [0.5, 0.6) is 0 Å². The van der Waals surface area contributed by atoms with Gasteiger partial charge in [-0.15, -0.1) is 0 Å². The van der Waals surface area contributed by atoms with E-state index < -0.39 is 7.12 Å². The summed E-state index contributed by atoms with van der Waals surface area (Å²) in [6.07, 6.45) is 1.19. The Morgan fingerprint density at radius 2 is 1.93 bits per heavy atom. The quantitative estimate of drug-likeness (QED) is 0.656. The van der Waals surface area contributed by atoms with Gasteiger partial charge in [-0.3, -0.25) is 0 Å². The number of benzene rings is 1. The first-order chi connectivity index (χ1) is 7.16. The molecule has 1 fully saturated rings. The minimum Gasteiger partial charge on any atom is -0.423 e. The van der Waals surface area contributed by atoms with Gasteiger partial charge < -0.3 is 14.9 Å². The van der Waals surface area contributed by atoms with E-state index in [4.69, 9.17) is 10.0 Å². The van der Waals surface area contributed by atoms with Crippen molar-refractivity contribution in [2.24, 2.45) is 0 Å². The van der Waals surface area contributed by atoms with Crippen LogP contribution in [0.2, 0.25) is 0 Å². The van der Waals surface area contributed by atoms with Gasteiger partial charge in [-0.25, -0.2) is 0 Å². The highest BCUT2D eigenvalue weighted by Crippen LogP contribution is 2.25. The summed E-state index contributed by atoms with van der Waals surface area (Å²) in [5.41, 5.74) is 1.86. The Kier molecular flexibility index (Phi) is 3.10. The number of hydrogen-bond acceptors (Lipinski definition) is 3. The SMILES string of the molecule is CN1CC[C@@H](c2ccc(B(O)O)cc2)C1. The molecule has 0 bridgehead atoms. The Balaban J connectivity index is 2.10. The van der Waals surface area contributed by atoms with Crippen molar-refractivity contribution >= 4 is 12.6 Å². The van der Waals surface area contributed by atoms with Crippen LogP contribution in [0.3, 0.4) is 0 Å². The molecule has 1 atom stereocenters. The molecule has 2 rings (SSSR count). The second-order valence-corrected chi connectivity index (χ2v) is 4.29. The summed E-state index contributed by atoms with van der Waals surface area (Å²) in [6.45, 7) is 2.25. The van der Waals surface area contributed by atoms with Gasteiger partial charge in [0.25, 0.3) is 0 Å². The van der Waals surface area contributed by atoms with Crippen molar-refractivity contribution in [2.75, 3.05) is 20.1 Å². The van der Waals surface area contributed by atoms with Gasteiger partial charge in [-0.1, -0.05) is 24.3 Å². The maximum absolute atomic E-state index is 8.97. The molecule has 4 heteroatoms. The Morgan fingerprint density at radius 1 is 1.27 bits per heavy atom. The molecule has 3 nitrogen and oxygen atoms in total. The number of nitrogens with zero attached hydrogens (tertiary/aromatic N) is 1. The van der Waals surface area contributed by atoms with Crippen LogP contribution in [0, 0.1) is 0 Å². The molecule has 0 unspecified atom stereocenters. The number of likely N-dealkylation sites (tertiary alicyclic amines) is 1. The zero-order valence-electron chi connectivity index (χ0n) is 8.93. The summed E-state index contributed by atoms with van der Waals surface area (Å²) >= 11 is 0. The lowest BCUT2D eigenvalue weighted by molar-refractivity contribution is 0.411. The normalized spacial score (nSPS) is 21.9. The zero-order valence-corrected chi connectivity index (χ0v) is 8.93. The topological polar surface area (TPSA) is 43.7 Å². The average molecular weight is 205 g/mol. The van der Waals surface area contributed by atoms with Crippen LogP contribution >= 0.6 is 0 Å². The first-order valence-corrected chi connectivity index (χ1v) is 5.31. The van der Waals surface area contributed by atoms with Gasteiger partial charge in [-0.2, -0.15) is 0 Å². The first kappa shape index (κ1) is 10.7. The maximum Gasteiger partial charge on any atom is 0.488 e. The summed E-state index contributed by atoms with van der Waals surface area (Å²) in [6, 6.07) is 7.58. The number of likely N-dealkylation sites (N-methyl/N-ethyl adjacent to an activating group) is 1. The molecule has 0 aromatic heterocycles. The lowest BCUT2D eigenvalue weighted by Gasteiger charge is -2.11. The standard InChI is InChI=1S/C11H16BNO2/c1-13-7-6-10(8-13)9-2-4-11(5-3-9)12(14)15/h2-5,10,14-15H,6-8H2,1H3/t10-/m1/s1. The van der Waals surface area contributed by atoms with Crippen molar-refractivity contribution in [3.05, 3.63) is 29.8 Å². The van der Waals surface area contributed by atoms with Crippen LogP contribution in [-0.4, -0.2) is 42.2 Å². The van der Waals surface area contributed by atoms with Crippen molar-refractivity contribution in [3.8, 4) is 0 Å². The third kappa shape index (κ3) is 2.40. The van der Waals surface area contributed by atoms with Crippen LogP contribution in [-0.2, 0) is 0 Å². The summed E-state index contributed by atoms with van der Waals surface area (Å²) in [5, 5.41) is 17.9. The summed E-state index contributed by atoms with van der Waals surface area (Å²) in [7, 11) is 0.775. The van der Waals surface area contributed by atoms with Gasteiger partial charge in [0.05, 0.1) is 0 Å². The molecule has 0 amide bonds. The molecule has 1 aliphatic rings. The van der Waals surface area contributed by atoms with Crippen LogP contribution in [0.1, 0.15) is 17.9 Å². The van der Waals surface area contributed by atoms with E-state index in [9.17, 15) is 0 Å². The molecule has 2 N–H and O–H groups in total. The van der Waals surface area contributed by atoms with Crippen molar-refractivity contribution in [3.63, 3.8) is 0 Å². The van der Waals surface area contributed by atoms with Crippen molar-refractivity contribution < 1.29 is 10.0 Å². The van der Waals surface area contributed by atoms with Crippen LogP contribution in [0.4, 0.5) is 0 Å². The highest BCUT2D eigenvalue weighted by atomic mass is 16.4. The molecule has 80 valence electrons. The molecular formula is C11H16BNO2. The van der Waals surface area contributed by atoms with Crippen molar-refractivity contribution in [2.45, 2.75) is 12.3 Å². The first-order valence-electron chi connectivity index (χ1n) is 5.31. The van der Waals surface area contributed by atoms with E-state index in [0.717, 1.165) is 13.1 Å². The van der Waals surface area contributed by atoms with Crippen LogP contribution in [0.25, 0.3) is 0 Å². The van der Waals surface area contributed by atoms with Gasteiger partial charge in [-0.05, 0) is 37.0 Å². The molecule has 1 saturated heterocycles. The second-order valence-electron chi connectivity index (χ2n) is 4.29. The molecule has 1 aromatic carbocycles. The van der Waals surface area contributed by atoms with Crippen molar-refractivity contribution in [1.82, 2.24) is 4.90 Å². The van der Waals surface area contributed by atoms with Gasteiger partial charge in [0, 0.05) is 6.54 Å². The van der Waals surface area contributed by atoms with E-state index in [0.29, 0.717) is 11.4 Å². The maximum atomic E-state index is 8.97. The lowest BCUT2D eigenvalue weighted by Crippen LogP contribution is -2.29.